The van der Waals surface area contributed by atoms with Crippen LogP contribution in [0, 0.1) is 6.42 Å². The maximum absolute atomic E-state index is 10.8. The van der Waals surface area contributed by atoms with Crippen LogP contribution in [0.2, 0.25) is 0 Å². The highest BCUT2D eigenvalue weighted by atomic mass is 16.2. The van der Waals surface area contributed by atoms with Crippen molar-refractivity contribution in [2.45, 2.75) is 31.7 Å². The van der Waals surface area contributed by atoms with E-state index in [0.29, 0.717) is 6.04 Å². The lowest BCUT2D eigenvalue weighted by Crippen LogP contribution is -2.41. The topological polar surface area (TPSA) is 41.1 Å². The number of carbonyl (C=O) groups is 1. The van der Waals surface area contributed by atoms with E-state index in [2.05, 4.69) is 17.1 Å². The number of rotatable bonds is 1. The molecule has 1 rings (SSSR count). The summed E-state index contributed by atoms with van der Waals surface area (Å²) in [6.07, 6.45) is 6.90. The normalized spacial score (nSPS) is 19.4. The molecule has 3 nitrogen and oxygen atoms in total. The minimum absolute atomic E-state index is 0.0758. The molecule has 1 aliphatic rings. The van der Waals surface area contributed by atoms with Gasteiger partial charge in [-0.2, -0.15) is 0 Å². The van der Waals surface area contributed by atoms with Crippen molar-refractivity contribution in [1.82, 2.24) is 10.6 Å². The Hall–Kier alpha value is -0.730. The highest BCUT2D eigenvalue weighted by Crippen LogP contribution is 2.15. The zero-order chi connectivity index (χ0) is 8.10. The average Bonchev–Trinajstić information content (AvgIpc) is 2.06. The molecule has 1 saturated carbocycles. The summed E-state index contributed by atoms with van der Waals surface area (Å²) in [5.74, 6) is 0. The van der Waals surface area contributed by atoms with Crippen LogP contribution in [0.15, 0.2) is 0 Å². The summed E-state index contributed by atoms with van der Waals surface area (Å²) >= 11 is 0. The third-order valence-electron chi connectivity index (χ3n) is 1.96. The molecule has 0 spiro atoms. The molecule has 1 unspecified atom stereocenters. The molecule has 63 valence electrons. The standard InChI is InChI=1S/C8H15N2O/c1-9-8(11)10-7-5-3-2-4-6-7/h5,7H,2-4,6H2,1H3,(H2,9,10,11). The van der Waals surface area contributed by atoms with Crippen molar-refractivity contribution >= 4 is 6.03 Å². The Labute approximate surface area is 67.5 Å². The first-order valence-corrected chi connectivity index (χ1v) is 4.14. The quantitative estimate of drug-likeness (QED) is 0.584. The summed E-state index contributed by atoms with van der Waals surface area (Å²) in [5.41, 5.74) is 0. The SMILES string of the molecule is CNC(=O)NC1[CH]CCCC1. The minimum Gasteiger partial charge on any atom is -0.341 e. The van der Waals surface area contributed by atoms with Crippen LogP contribution in [0.1, 0.15) is 25.7 Å². The number of amides is 2. The third kappa shape index (κ3) is 2.78. The van der Waals surface area contributed by atoms with E-state index >= 15 is 0 Å². The molecule has 1 radical (unpaired) electrons. The number of hydrogen-bond donors (Lipinski definition) is 2. The molecule has 0 aliphatic heterocycles. The van der Waals surface area contributed by atoms with Gasteiger partial charge in [0.25, 0.3) is 0 Å². The Morgan fingerprint density at radius 2 is 2.36 bits per heavy atom. The summed E-state index contributed by atoms with van der Waals surface area (Å²) < 4.78 is 0. The molecule has 1 atom stereocenters. The highest BCUT2D eigenvalue weighted by Gasteiger charge is 2.14. The Morgan fingerprint density at radius 1 is 1.55 bits per heavy atom. The molecule has 0 aromatic carbocycles. The van der Waals surface area contributed by atoms with Crippen LogP contribution < -0.4 is 10.6 Å². The molecular formula is C8H15N2O. The van der Waals surface area contributed by atoms with Gasteiger partial charge in [0.1, 0.15) is 0 Å². The van der Waals surface area contributed by atoms with Crippen molar-refractivity contribution in [3.05, 3.63) is 6.42 Å². The number of hydrogen-bond acceptors (Lipinski definition) is 1. The fourth-order valence-electron chi connectivity index (χ4n) is 1.32. The van der Waals surface area contributed by atoms with E-state index in [0.717, 1.165) is 12.8 Å². The first kappa shape index (κ1) is 8.37. The van der Waals surface area contributed by atoms with Gasteiger partial charge in [-0.05, 0) is 19.3 Å². The summed E-state index contributed by atoms with van der Waals surface area (Å²) in [6, 6.07) is 0.219. The maximum Gasteiger partial charge on any atom is 0.314 e. The van der Waals surface area contributed by atoms with Crippen LogP contribution >= 0.6 is 0 Å². The Balaban J connectivity index is 2.19. The van der Waals surface area contributed by atoms with Gasteiger partial charge in [-0.3, -0.25) is 0 Å². The highest BCUT2D eigenvalue weighted by molar-refractivity contribution is 5.73. The van der Waals surface area contributed by atoms with E-state index in [1.807, 2.05) is 0 Å². The van der Waals surface area contributed by atoms with Crippen LogP contribution in [-0.2, 0) is 0 Å². The number of nitrogens with one attached hydrogen (secondary N) is 2. The molecule has 0 saturated heterocycles. The second-order valence-electron chi connectivity index (χ2n) is 2.85. The van der Waals surface area contributed by atoms with Gasteiger partial charge in [-0.15, -0.1) is 0 Å². The first-order valence-electron chi connectivity index (χ1n) is 4.14. The second kappa shape index (κ2) is 4.21. The lowest BCUT2D eigenvalue weighted by molar-refractivity contribution is 0.238. The fourth-order valence-corrected chi connectivity index (χ4v) is 1.32. The zero-order valence-corrected chi connectivity index (χ0v) is 6.89. The molecule has 11 heavy (non-hydrogen) atoms. The van der Waals surface area contributed by atoms with Crippen LogP contribution in [0.4, 0.5) is 4.79 Å². The number of carbonyl (C=O) groups excluding carboxylic acids is 1. The van der Waals surface area contributed by atoms with Gasteiger partial charge in [0.2, 0.25) is 0 Å². The summed E-state index contributed by atoms with van der Waals surface area (Å²) in [7, 11) is 1.64. The summed E-state index contributed by atoms with van der Waals surface area (Å²) in [5, 5.41) is 5.41. The molecule has 0 heterocycles. The van der Waals surface area contributed by atoms with Gasteiger partial charge >= 0.3 is 6.03 Å². The van der Waals surface area contributed by atoms with E-state index < -0.39 is 0 Å². The molecule has 0 aromatic heterocycles. The Morgan fingerprint density at radius 3 is 2.91 bits per heavy atom. The first-order chi connectivity index (χ1) is 5.33. The lowest BCUT2D eigenvalue weighted by atomic mass is 9.96. The van der Waals surface area contributed by atoms with Crippen molar-refractivity contribution < 1.29 is 4.79 Å². The summed E-state index contributed by atoms with van der Waals surface area (Å²) in [6.45, 7) is 0. The van der Waals surface area contributed by atoms with Gasteiger partial charge in [0.05, 0.1) is 0 Å². The van der Waals surface area contributed by atoms with Gasteiger partial charge < -0.3 is 10.6 Å². The van der Waals surface area contributed by atoms with Gasteiger partial charge in [0.15, 0.2) is 0 Å². The fraction of sp³-hybridized carbons (Fsp3) is 0.750. The predicted octanol–water partition coefficient (Wildman–Crippen LogP) is 1.06. The predicted molar refractivity (Wildman–Crippen MR) is 44.1 cm³/mol. The molecule has 3 heteroatoms. The largest absolute Gasteiger partial charge is 0.341 e. The van der Waals surface area contributed by atoms with E-state index in [4.69, 9.17) is 0 Å². The second-order valence-corrected chi connectivity index (χ2v) is 2.85. The number of urea groups is 1. The van der Waals surface area contributed by atoms with E-state index in [1.54, 1.807) is 7.05 Å². The van der Waals surface area contributed by atoms with E-state index in [1.165, 1.54) is 12.8 Å². The zero-order valence-electron chi connectivity index (χ0n) is 6.89. The van der Waals surface area contributed by atoms with Crippen molar-refractivity contribution in [3.63, 3.8) is 0 Å². The molecule has 0 bridgehead atoms. The Bertz CT molecular complexity index is 130. The lowest BCUT2D eigenvalue weighted by Gasteiger charge is -2.21. The molecular weight excluding hydrogens is 140 g/mol. The van der Waals surface area contributed by atoms with Crippen molar-refractivity contribution in [3.8, 4) is 0 Å². The molecule has 0 aromatic rings. The Kier molecular flexibility index (Phi) is 3.20. The molecule has 2 N–H and O–H groups in total. The van der Waals surface area contributed by atoms with Crippen LogP contribution in [0.25, 0.3) is 0 Å². The van der Waals surface area contributed by atoms with Gasteiger partial charge in [-0.1, -0.05) is 12.8 Å². The van der Waals surface area contributed by atoms with E-state index in [-0.39, 0.29) is 6.03 Å². The monoisotopic (exact) mass is 155 g/mol. The maximum atomic E-state index is 10.8. The van der Waals surface area contributed by atoms with Crippen LogP contribution in [0.3, 0.4) is 0 Å². The van der Waals surface area contributed by atoms with Gasteiger partial charge in [0, 0.05) is 13.1 Å². The molecule has 1 aliphatic carbocycles. The summed E-state index contributed by atoms with van der Waals surface area (Å²) in [4.78, 5) is 10.8. The van der Waals surface area contributed by atoms with E-state index in [9.17, 15) is 4.79 Å². The van der Waals surface area contributed by atoms with Crippen molar-refractivity contribution in [1.29, 1.82) is 0 Å². The molecule has 1 fully saturated rings. The van der Waals surface area contributed by atoms with Crippen LogP contribution in [-0.4, -0.2) is 19.1 Å². The smallest absolute Gasteiger partial charge is 0.314 e. The minimum atomic E-state index is -0.0758. The van der Waals surface area contributed by atoms with Crippen LogP contribution in [0.5, 0.6) is 0 Å². The third-order valence-corrected chi connectivity index (χ3v) is 1.96. The molecule has 2 amide bonds. The van der Waals surface area contributed by atoms with Gasteiger partial charge in [-0.25, -0.2) is 4.79 Å². The van der Waals surface area contributed by atoms with Crippen molar-refractivity contribution in [2.75, 3.05) is 7.05 Å². The van der Waals surface area contributed by atoms with Crippen molar-refractivity contribution in [2.24, 2.45) is 0 Å². The average molecular weight is 155 g/mol.